The van der Waals surface area contributed by atoms with Gasteiger partial charge in [-0.05, 0) is 30.2 Å². The van der Waals surface area contributed by atoms with Gasteiger partial charge in [-0.15, -0.1) is 0 Å². The molecule has 2 rings (SSSR count). The summed E-state index contributed by atoms with van der Waals surface area (Å²) in [7, 11) is 3.28. The lowest BCUT2D eigenvalue weighted by Crippen LogP contribution is -2.22. The van der Waals surface area contributed by atoms with Crippen LogP contribution in [0.3, 0.4) is 0 Å². The predicted molar refractivity (Wildman–Crippen MR) is 89.6 cm³/mol. The van der Waals surface area contributed by atoms with E-state index in [1.54, 1.807) is 14.2 Å². The third-order valence-corrected chi connectivity index (χ3v) is 3.80. The number of rotatable bonds is 7. The number of benzene rings is 1. The molecule has 2 aromatic rings. The van der Waals surface area contributed by atoms with Gasteiger partial charge in [-0.25, -0.2) is 0 Å². The number of fused-ring (bicyclic) bond motifs is 1. The van der Waals surface area contributed by atoms with Crippen LogP contribution in [-0.2, 0) is 22.6 Å². The second kappa shape index (κ2) is 7.67. The number of carbonyl (C=O) groups is 2. The summed E-state index contributed by atoms with van der Waals surface area (Å²) in [6.07, 6.45) is 3.21. The first-order valence-corrected chi connectivity index (χ1v) is 7.66. The summed E-state index contributed by atoms with van der Waals surface area (Å²) in [4.78, 5) is 22.5. The van der Waals surface area contributed by atoms with E-state index < -0.39 is 0 Å². The highest BCUT2D eigenvalue weighted by Gasteiger charge is 2.11. The van der Waals surface area contributed by atoms with Crippen molar-refractivity contribution in [2.45, 2.75) is 26.3 Å². The van der Waals surface area contributed by atoms with Gasteiger partial charge in [0.15, 0.2) is 0 Å². The smallest absolute Gasteiger partial charge is 0.221 e. The van der Waals surface area contributed by atoms with Gasteiger partial charge in [-0.3, -0.25) is 9.59 Å². The number of nitrogens with zero attached hydrogens (tertiary/aromatic N) is 1. The number of aromatic nitrogens is 1. The number of methoxy groups -OCH3 is 1. The zero-order valence-corrected chi connectivity index (χ0v) is 13.8. The number of carbonyl (C=O) groups excluding carboxylic acids is 2. The molecule has 0 aliphatic rings. The first kappa shape index (κ1) is 16.9. The normalized spacial score (nSPS) is 10.6. The van der Waals surface area contributed by atoms with Crippen molar-refractivity contribution in [3.8, 4) is 5.75 Å². The number of amides is 2. The van der Waals surface area contributed by atoms with Crippen LogP contribution in [0.5, 0.6) is 5.75 Å². The maximum absolute atomic E-state index is 11.5. The molecular weight excluding hydrogens is 294 g/mol. The third-order valence-electron chi connectivity index (χ3n) is 3.80. The zero-order valence-electron chi connectivity index (χ0n) is 13.8. The molecule has 2 amide bonds. The number of ether oxygens (including phenoxy) is 1. The first-order chi connectivity index (χ1) is 11.0. The second-order valence-electron chi connectivity index (χ2n) is 5.39. The number of aryl methyl sites for hydroxylation is 1. The van der Waals surface area contributed by atoms with E-state index in [1.165, 1.54) is 6.92 Å². The van der Waals surface area contributed by atoms with Crippen LogP contribution in [0.4, 0.5) is 0 Å². The topological polar surface area (TPSA) is 72.4 Å². The Kier molecular flexibility index (Phi) is 5.62. The van der Waals surface area contributed by atoms with Crippen molar-refractivity contribution < 1.29 is 14.3 Å². The van der Waals surface area contributed by atoms with Crippen LogP contribution < -0.4 is 15.4 Å². The Balaban J connectivity index is 2.28. The average Bonchev–Trinajstić information content (AvgIpc) is 2.89. The van der Waals surface area contributed by atoms with Gasteiger partial charge in [0.25, 0.3) is 0 Å². The van der Waals surface area contributed by atoms with Crippen LogP contribution in [0.2, 0.25) is 0 Å². The number of hydrogen-bond donors (Lipinski definition) is 2. The Morgan fingerprint density at radius 1 is 1.30 bits per heavy atom. The zero-order chi connectivity index (χ0) is 16.8. The van der Waals surface area contributed by atoms with Gasteiger partial charge in [0.1, 0.15) is 5.75 Å². The molecule has 23 heavy (non-hydrogen) atoms. The van der Waals surface area contributed by atoms with E-state index in [0.717, 1.165) is 28.6 Å². The molecule has 0 atom stereocenters. The number of hydrogen-bond acceptors (Lipinski definition) is 3. The van der Waals surface area contributed by atoms with Crippen molar-refractivity contribution in [3.05, 3.63) is 30.0 Å². The first-order valence-electron chi connectivity index (χ1n) is 7.66. The molecule has 0 aliphatic carbocycles. The molecule has 0 fully saturated rings. The molecule has 124 valence electrons. The fourth-order valence-corrected chi connectivity index (χ4v) is 2.58. The monoisotopic (exact) mass is 317 g/mol. The SMILES string of the molecule is CNC(=O)CCn1cc(CCNC(C)=O)c2cc(OC)ccc21. The Bertz CT molecular complexity index is 706. The molecule has 0 radical (unpaired) electrons. The predicted octanol–water partition coefficient (Wildman–Crippen LogP) is 1.46. The maximum Gasteiger partial charge on any atom is 0.221 e. The van der Waals surface area contributed by atoms with Crippen LogP contribution in [0.15, 0.2) is 24.4 Å². The molecule has 6 nitrogen and oxygen atoms in total. The minimum atomic E-state index is -0.0362. The molecule has 0 unspecified atom stereocenters. The van der Waals surface area contributed by atoms with E-state index in [9.17, 15) is 9.59 Å². The lowest BCUT2D eigenvalue weighted by molar-refractivity contribution is -0.121. The van der Waals surface area contributed by atoms with Crippen LogP contribution in [-0.4, -0.2) is 37.1 Å². The van der Waals surface area contributed by atoms with Gasteiger partial charge >= 0.3 is 0 Å². The van der Waals surface area contributed by atoms with Crippen LogP contribution in [0.1, 0.15) is 18.9 Å². The van der Waals surface area contributed by atoms with Gasteiger partial charge < -0.3 is 19.9 Å². The average molecular weight is 317 g/mol. The van der Waals surface area contributed by atoms with E-state index in [1.807, 2.05) is 18.2 Å². The van der Waals surface area contributed by atoms with E-state index >= 15 is 0 Å². The molecule has 1 heterocycles. The fourth-order valence-electron chi connectivity index (χ4n) is 2.58. The third kappa shape index (κ3) is 4.25. The molecule has 0 spiro atoms. The molecule has 1 aromatic heterocycles. The largest absolute Gasteiger partial charge is 0.497 e. The Hall–Kier alpha value is -2.50. The minimum absolute atomic E-state index is 0.0140. The van der Waals surface area contributed by atoms with Crippen molar-refractivity contribution in [3.63, 3.8) is 0 Å². The summed E-state index contributed by atoms with van der Waals surface area (Å²) in [5, 5.41) is 6.54. The summed E-state index contributed by atoms with van der Waals surface area (Å²) in [5.74, 6) is 0.772. The summed E-state index contributed by atoms with van der Waals surface area (Å²) in [5.41, 5.74) is 2.19. The summed E-state index contributed by atoms with van der Waals surface area (Å²) < 4.78 is 7.38. The van der Waals surface area contributed by atoms with Crippen LogP contribution in [0, 0.1) is 0 Å². The molecule has 6 heteroatoms. The van der Waals surface area contributed by atoms with Gasteiger partial charge in [-0.2, -0.15) is 0 Å². The molecule has 0 saturated heterocycles. The van der Waals surface area contributed by atoms with E-state index in [-0.39, 0.29) is 11.8 Å². The quantitative estimate of drug-likeness (QED) is 0.812. The van der Waals surface area contributed by atoms with Crippen molar-refractivity contribution in [2.75, 3.05) is 20.7 Å². The van der Waals surface area contributed by atoms with Crippen LogP contribution >= 0.6 is 0 Å². The molecule has 0 aliphatic heterocycles. The van der Waals surface area contributed by atoms with Crippen molar-refractivity contribution >= 4 is 22.7 Å². The van der Waals surface area contributed by atoms with Gasteiger partial charge in [-0.1, -0.05) is 0 Å². The van der Waals surface area contributed by atoms with E-state index in [0.29, 0.717) is 19.5 Å². The lowest BCUT2D eigenvalue weighted by Gasteiger charge is -2.05. The summed E-state index contributed by atoms with van der Waals surface area (Å²) >= 11 is 0. The minimum Gasteiger partial charge on any atom is -0.497 e. The van der Waals surface area contributed by atoms with Gasteiger partial charge in [0.2, 0.25) is 11.8 Å². The molecule has 2 N–H and O–H groups in total. The van der Waals surface area contributed by atoms with E-state index in [2.05, 4.69) is 21.4 Å². The number of nitrogens with one attached hydrogen (secondary N) is 2. The summed E-state index contributed by atoms with van der Waals surface area (Å²) in [6, 6.07) is 5.91. The van der Waals surface area contributed by atoms with Gasteiger partial charge in [0.05, 0.1) is 7.11 Å². The summed E-state index contributed by atoms with van der Waals surface area (Å²) in [6.45, 7) is 2.71. The van der Waals surface area contributed by atoms with Gasteiger partial charge in [0, 0.05) is 50.6 Å². The molecular formula is C17H23N3O3. The maximum atomic E-state index is 11.5. The highest BCUT2D eigenvalue weighted by Crippen LogP contribution is 2.26. The Morgan fingerprint density at radius 2 is 2.09 bits per heavy atom. The Morgan fingerprint density at radius 3 is 2.74 bits per heavy atom. The molecule has 0 bridgehead atoms. The standard InChI is InChI=1S/C17H23N3O3/c1-12(21)19-8-6-13-11-20(9-7-17(22)18-2)16-5-4-14(23-3)10-15(13)16/h4-5,10-11H,6-9H2,1-3H3,(H,18,22)(H,19,21). The molecule has 1 aromatic carbocycles. The molecule has 0 saturated carbocycles. The van der Waals surface area contributed by atoms with Crippen molar-refractivity contribution in [2.24, 2.45) is 0 Å². The fraction of sp³-hybridized carbons (Fsp3) is 0.412. The van der Waals surface area contributed by atoms with Crippen molar-refractivity contribution in [1.82, 2.24) is 15.2 Å². The second-order valence-corrected chi connectivity index (χ2v) is 5.39. The van der Waals surface area contributed by atoms with Crippen LogP contribution in [0.25, 0.3) is 10.9 Å². The lowest BCUT2D eigenvalue weighted by atomic mass is 10.1. The van der Waals surface area contributed by atoms with Crippen molar-refractivity contribution in [1.29, 1.82) is 0 Å². The highest BCUT2D eigenvalue weighted by molar-refractivity contribution is 5.86. The highest BCUT2D eigenvalue weighted by atomic mass is 16.5. The Labute approximate surface area is 135 Å². The van der Waals surface area contributed by atoms with E-state index in [4.69, 9.17) is 4.74 Å².